The minimum absolute atomic E-state index is 0.246. The highest BCUT2D eigenvalue weighted by atomic mass is 35.5. The first-order valence-electron chi connectivity index (χ1n) is 6.25. The van der Waals surface area contributed by atoms with Crippen molar-refractivity contribution < 1.29 is 4.74 Å². The molecule has 21 heavy (non-hydrogen) atoms. The van der Waals surface area contributed by atoms with E-state index < -0.39 is 17.3 Å². The smallest absolute Gasteiger partial charge is 0.328 e. The number of hydrogen-bond acceptors (Lipinski definition) is 3. The van der Waals surface area contributed by atoms with Crippen molar-refractivity contribution in [2.75, 3.05) is 13.7 Å². The van der Waals surface area contributed by atoms with E-state index >= 15 is 0 Å². The van der Waals surface area contributed by atoms with E-state index in [1.165, 1.54) is 13.3 Å². The molecule has 1 atom stereocenters. The van der Waals surface area contributed by atoms with E-state index in [1.807, 2.05) is 0 Å². The first-order chi connectivity index (χ1) is 9.97. The molecule has 112 valence electrons. The molecule has 1 aromatic carbocycles. The van der Waals surface area contributed by atoms with Crippen LogP contribution in [-0.2, 0) is 4.74 Å². The van der Waals surface area contributed by atoms with Crippen LogP contribution in [0.5, 0.6) is 0 Å². The van der Waals surface area contributed by atoms with Crippen molar-refractivity contribution >= 4 is 23.2 Å². The van der Waals surface area contributed by atoms with Gasteiger partial charge in [-0.05, 0) is 13.0 Å². The van der Waals surface area contributed by atoms with Gasteiger partial charge in [-0.15, -0.1) is 0 Å². The fraction of sp³-hybridized carbons (Fsp3) is 0.286. The number of methoxy groups -OCH3 is 1. The Kier molecular flexibility index (Phi) is 4.88. The van der Waals surface area contributed by atoms with Crippen LogP contribution >= 0.6 is 23.2 Å². The fourth-order valence-corrected chi connectivity index (χ4v) is 2.51. The summed E-state index contributed by atoms with van der Waals surface area (Å²) in [7, 11) is 1.51. The average molecular weight is 329 g/mol. The maximum absolute atomic E-state index is 12.6. The molecule has 1 aromatic heterocycles. The van der Waals surface area contributed by atoms with E-state index in [-0.39, 0.29) is 17.2 Å². The van der Waals surface area contributed by atoms with Gasteiger partial charge in [0.25, 0.3) is 5.56 Å². The van der Waals surface area contributed by atoms with Crippen LogP contribution in [0.25, 0.3) is 11.1 Å². The Bertz CT molecular complexity index is 768. The standard InChI is InChI=1S/C14H14Cl2N2O3/c1-8(7-21-2)18-13(19)10(6-17-14(18)20)9-4-3-5-11(15)12(9)16/h3-6,8H,7H2,1-2H3,(H,17,20)/t8-/m0/s1. The molecule has 0 saturated heterocycles. The number of nitrogens with zero attached hydrogens (tertiary/aromatic N) is 1. The number of H-pyrrole nitrogens is 1. The van der Waals surface area contributed by atoms with E-state index in [4.69, 9.17) is 27.9 Å². The highest BCUT2D eigenvalue weighted by Crippen LogP contribution is 2.31. The van der Waals surface area contributed by atoms with E-state index in [1.54, 1.807) is 25.1 Å². The van der Waals surface area contributed by atoms with Crippen LogP contribution < -0.4 is 11.2 Å². The maximum Gasteiger partial charge on any atom is 0.328 e. The predicted octanol–water partition coefficient (Wildman–Crippen LogP) is 2.72. The molecule has 0 bridgehead atoms. The van der Waals surface area contributed by atoms with Crippen LogP contribution in [0.15, 0.2) is 34.0 Å². The van der Waals surface area contributed by atoms with Gasteiger partial charge in [0.1, 0.15) is 0 Å². The molecule has 0 aliphatic carbocycles. The Morgan fingerprint density at radius 2 is 2.00 bits per heavy atom. The Hall–Kier alpha value is -1.56. The first kappa shape index (κ1) is 15.8. The summed E-state index contributed by atoms with van der Waals surface area (Å²) in [4.78, 5) is 27.0. The zero-order valence-electron chi connectivity index (χ0n) is 11.5. The van der Waals surface area contributed by atoms with E-state index in [0.717, 1.165) is 4.57 Å². The number of aromatic amines is 1. The Morgan fingerprint density at radius 3 is 2.67 bits per heavy atom. The molecule has 1 heterocycles. The number of nitrogens with one attached hydrogen (secondary N) is 1. The zero-order valence-corrected chi connectivity index (χ0v) is 13.0. The second-order valence-corrected chi connectivity index (χ2v) is 5.37. The van der Waals surface area contributed by atoms with Gasteiger partial charge in [0, 0.05) is 18.9 Å². The van der Waals surface area contributed by atoms with Gasteiger partial charge >= 0.3 is 5.69 Å². The molecule has 1 N–H and O–H groups in total. The van der Waals surface area contributed by atoms with Crippen molar-refractivity contribution in [3.05, 3.63) is 55.3 Å². The van der Waals surface area contributed by atoms with Crippen molar-refractivity contribution in [3.63, 3.8) is 0 Å². The summed E-state index contributed by atoms with van der Waals surface area (Å²) in [5, 5.41) is 0.616. The molecule has 0 amide bonds. The first-order valence-corrected chi connectivity index (χ1v) is 7.00. The lowest BCUT2D eigenvalue weighted by Gasteiger charge is -2.14. The third-order valence-corrected chi connectivity index (χ3v) is 3.92. The predicted molar refractivity (Wildman–Crippen MR) is 83.4 cm³/mol. The molecule has 0 saturated carbocycles. The van der Waals surface area contributed by atoms with Crippen LogP contribution in [0.2, 0.25) is 10.0 Å². The molecule has 2 aromatic rings. The topological polar surface area (TPSA) is 64.1 Å². The fourth-order valence-electron chi connectivity index (χ4n) is 2.11. The summed E-state index contributed by atoms with van der Waals surface area (Å²) in [5.41, 5.74) is -0.173. The Balaban J connectivity index is 2.67. The second-order valence-electron chi connectivity index (χ2n) is 4.59. The normalized spacial score (nSPS) is 12.4. The highest BCUT2D eigenvalue weighted by molar-refractivity contribution is 6.43. The second kappa shape index (κ2) is 6.47. The SMILES string of the molecule is COC[C@H](C)n1c(=O)[nH]cc(-c2cccc(Cl)c2Cl)c1=O. The van der Waals surface area contributed by atoms with Crippen LogP contribution in [0, 0.1) is 0 Å². The van der Waals surface area contributed by atoms with Gasteiger partial charge in [-0.3, -0.25) is 9.36 Å². The van der Waals surface area contributed by atoms with Crippen molar-refractivity contribution in [1.82, 2.24) is 9.55 Å². The number of aromatic nitrogens is 2. The molecule has 2 rings (SSSR count). The molecular weight excluding hydrogens is 315 g/mol. The van der Waals surface area contributed by atoms with Gasteiger partial charge in [-0.25, -0.2) is 4.79 Å². The quantitative estimate of drug-likeness (QED) is 0.938. The number of hydrogen-bond donors (Lipinski definition) is 1. The lowest BCUT2D eigenvalue weighted by atomic mass is 10.1. The molecule has 0 unspecified atom stereocenters. The Labute approximate surface area is 131 Å². The van der Waals surface area contributed by atoms with Crippen molar-refractivity contribution in [2.45, 2.75) is 13.0 Å². The molecular formula is C14H14Cl2N2O3. The number of rotatable bonds is 4. The molecule has 0 aliphatic rings. The molecule has 0 spiro atoms. The van der Waals surface area contributed by atoms with Crippen LogP contribution in [0.3, 0.4) is 0 Å². The minimum Gasteiger partial charge on any atom is -0.383 e. The van der Waals surface area contributed by atoms with Crippen LogP contribution in [-0.4, -0.2) is 23.3 Å². The lowest BCUT2D eigenvalue weighted by Crippen LogP contribution is -2.39. The van der Waals surface area contributed by atoms with E-state index in [0.29, 0.717) is 10.6 Å². The molecule has 5 nitrogen and oxygen atoms in total. The number of benzene rings is 1. The van der Waals surface area contributed by atoms with Crippen molar-refractivity contribution in [2.24, 2.45) is 0 Å². The van der Waals surface area contributed by atoms with Crippen LogP contribution in [0.1, 0.15) is 13.0 Å². The molecule has 7 heteroatoms. The van der Waals surface area contributed by atoms with Gasteiger partial charge in [0.2, 0.25) is 0 Å². The molecule has 0 radical (unpaired) electrons. The lowest BCUT2D eigenvalue weighted by molar-refractivity contribution is 0.159. The van der Waals surface area contributed by atoms with E-state index in [9.17, 15) is 9.59 Å². The monoisotopic (exact) mass is 328 g/mol. The molecule has 0 aliphatic heterocycles. The minimum atomic E-state index is -0.494. The van der Waals surface area contributed by atoms with Gasteiger partial charge in [-0.1, -0.05) is 35.3 Å². The number of ether oxygens (including phenoxy) is 1. The summed E-state index contributed by atoms with van der Waals surface area (Å²) in [6.07, 6.45) is 1.35. The third kappa shape index (κ3) is 3.05. The number of halogens is 2. The largest absolute Gasteiger partial charge is 0.383 e. The highest BCUT2D eigenvalue weighted by Gasteiger charge is 2.16. The maximum atomic E-state index is 12.6. The van der Waals surface area contributed by atoms with Crippen molar-refractivity contribution in [1.29, 1.82) is 0 Å². The average Bonchev–Trinajstić information content (AvgIpc) is 2.43. The van der Waals surface area contributed by atoms with Gasteiger partial charge in [0.05, 0.1) is 28.3 Å². The van der Waals surface area contributed by atoms with Crippen LogP contribution in [0.4, 0.5) is 0 Å². The zero-order chi connectivity index (χ0) is 15.6. The molecule has 0 fully saturated rings. The summed E-state index contributed by atoms with van der Waals surface area (Å²) in [5.74, 6) is 0. The summed E-state index contributed by atoms with van der Waals surface area (Å²) < 4.78 is 6.10. The third-order valence-electron chi connectivity index (χ3n) is 3.10. The summed E-state index contributed by atoms with van der Waals surface area (Å²) >= 11 is 12.1. The van der Waals surface area contributed by atoms with Gasteiger partial charge in [0.15, 0.2) is 0 Å². The summed E-state index contributed by atoms with van der Waals surface area (Å²) in [6, 6.07) is 4.60. The summed E-state index contributed by atoms with van der Waals surface area (Å²) in [6.45, 7) is 1.97. The van der Waals surface area contributed by atoms with E-state index in [2.05, 4.69) is 4.98 Å². The van der Waals surface area contributed by atoms with Gasteiger partial charge in [-0.2, -0.15) is 0 Å². The Morgan fingerprint density at radius 1 is 1.29 bits per heavy atom. The van der Waals surface area contributed by atoms with Crippen molar-refractivity contribution in [3.8, 4) is 11.1 Å². The van der Waals surface area contributed by atoms with Gasteiger partial charge < -0.3 is 9.72 Å².